The first-order chi connectivity index (χ1) is 11.1. The SMILES string of the molecule is CO[C@@H]1COC[C@@H]1S(=O)(=O)NCC(c1ccco1)N1CCCC1. The van der Waals surface area contributed by atoms with Crippen molar-refractivity contribution in [2.45, 2.75) is 30.2 Å². The van der Waals surface area contributed by atoms with Crippen molar-refractivity contribution in [1.82, 2.24) is 9.62 Å². The minimum atomic E-state index is -3.51. The van der Waals surface area contributed by atoms with E-state index in [0.29, 0.717) is 13.2 Å². The summed E-state index contributed by atoms with van der Waals surface area (Å²) in [6.07, 6.45) is 3.47. The molecule has 2 aliphatic heterocycles. The van der Waals surface area contributed by atoms with Gasteiger partial charge in [0.25, 0.3) is 0 Å². The quantitative estimate of drug-likeness (QED) is 0.786. The Morgan fingerprint density at radius 2 is 2.17 bits per heavy atom. The second-order valence-corrected chi connectivity index (χ2v) is 8.00. The summed E-state index contributed by atoms with van der Waals surface area (Å²) in [5.74, 6) is 0.792. The van der Waals surface area contributed by atoms with E-state index in [9.17, 15) is 8.42 Å². The lowest BCUT2D eigenvalue weighted by Gasteiger charge is -2.27. The molecule has 130 valence electrons. The fourth-order valence-electron chi connectivity index (χ4n) is 3.27. The van der Waals surface area contributed by atoms with Crippen LogP contribution in [0.3, 0.4) is 0 Å². The van der Waals surface area contributed by atoms with Crippen molar-refractivity contribution >= 4 is 10.0 Å². The summed E-state index contributed by atoms with van der Waals surface area (Å²) in [6.45, 7) is 2.70. The standard InChI is InChI=1S/C15H24N2O5S/c1-20-14-10-21-11-15(14)23(18,19)16-9-12(13-5-4-8-22-13)17-6-2-3-7-17/h4-5,8,12,14-16H,2-3,6-7,9-11H2,1H3/t12?,14-,15+/m1/s1. The summed E-state index contributed by atoms with van der Waals surface area (Å²) in [5, 5.41) is -0.664. The molecule has 1 unspecified atom stereocenters. The summed E-state index contributed by atoms with van der Waals surface area (Å²) < 4.78 is 43.9. The highest BCUT2D eigenvalue weighted by Crippen LogP contribution is 2.25. The van der Waals surface area contributed by atoms with Gasteiger partial charge in [0.1, 0.15) is 17.1 Å². The zero-order chi connectivity index (χ0) is 16.3. The summed E-state index contributed by atoms with van der Waals surface area (Å²) in [6, 6.07) is 3.65. The molecule has 3 atom stereocenters. The lowest BCUT2D eigenvalue weighted by atomic mass is 10.2. The lowest BCUT2D eigenvalue weighted by molar-refractivity contribution is 0.0828. The van der Waals surface area contributed by atoms with Crippen molar-refractivity contribution in [3.63, 3.8) is 0 Å². The normalized spacial score (nSPS) is 27.5. The van der Waals surface area contributed by atoms with Gasteiger partial charge in [-0.2, -0.15) is 0 Å². The molecule has 3 rings (SSSR count). The van der Waals surface area contributed by atoms with Crippen LogP contribution in [0.4, 0.5) is 0 Å². The number of rotatable bonds is 7. The van der Waals surface area contributed by atoms with Crippen LogP contribution in [-0.2, 0) is 19.5 Å². The van der Waals surface area contributed by atoms with E-state index in [-0.39, 0.29) is 12.6 Å². The Balaban J connectivity index is 1.68. The number of hydrogen-bond donors (Lipinski definition) is 1. The molecule has 1 aromatic rings. The molecule has 2 aliphatic rings. The van der Waals surface area contributed by atoms with Gasteiger partial charge in [0, 0.05) is 13.7 Å². The van der Waals surface area contributed by atoms with Crippen LogP contribution in [0.25, 0.3) is 0 Å². The topological polar surface area (TPSA) is 81.0 Å². The van der Waals surface area contributed by atoms with Crippen LogP contribution in [0.1, 0.15) is 24.6 Å². The molecule has 7 nitrogen and oxygen atoms in total. The molecule has 2 fully saturated rings. The molecular weight excluding hydrogens is 320 g/mol. The van der Waals surface area contributed by atoms with Crippen molar-refractivity contribution in [1.29, 1.82) is 0 Å². The van der Waals surface area contributed by atoms with Crippen LogP contribution in [0.5, 0.6) is 0 Å². The van der Waals surface area contributed by atoms with E-state index < -0.39 is 21.4 Å². The number of nitrogens with zero attached hydrogens (tertiary/aromatic N) is 1. The number of ether oxygens (including phenoxy) is 2. The molecule has 8 heteroatoms. The minimum absolute atomic E-state index is 0.0782. The van der Waals surface area contributed by atoms with Crippen molar-refractivity contribution in [3.8, 4) is 0 Å². The zero-order valence-corrected chi connectivity index (χ0v) is 14.1. The molecule has 0 amide bonds. The fraction of sp³-hybridized carbons (Fsp3) is 0.733. The highest BCUT2D eigenvalue weighted by Gasteiger charge is 2.39. The van der Waals surface area contributed by atoms with E-state index in [1.54, 1.807) is 6.26 Å². The third-order valence-corrected chi connectivity index (χ3v) is 6.42. The van der Waals surface area contributed by atoms with E-state index in [0.717, 1.165) is 31.7 Å². The average molecular weight is 344 g/mol. The van der Waals surface area contributed by atoms with Crippen molar-refractivity contribution in [2.24, 2.45) is 0 Å². The van der Waals surface area contributed by atoms with Crippen LogP contribution < -0.4 is 4.72 Å². The Labute approximate surface area is 137 Å². The third-order valence-electron chi connectivity index (χ3n) is 4.61. The molecule has 1 N–H and O–H groups in total. The van der Waals surface area contributed by atoms with Gasteiger partial charge >= 0.3 is 0 Å². The zero-order valence-electron chi connectivity index (χ0n) is 13.3. The molecule has 0 radical (unpaired) electrons. The van der Waals surface area contributed by atoms with Gasteiger partial charge in [0.2, 0.25) is 10.0 Å². The molecular formula is C15H24N2O5S. The third kappa shape index (κ3) is 3.77. The van der Waals surface area contributed by atoms with Crippen LogP contribution in [0, 0.1) is 0 Å². The van der Waals surface area contributed by atoms with Crippen LogP contribution in [0.15, 0.2) is 22.8 Å². The first kappa shape index (κ1) is 16.9. The van der Waals surface area contributed by atoms with E-state index >= 15 is 0 Å². The van der Waals surface area contributed by atoms with E-state index in [1.165, 1.54) is 7.11 Å². The summed E-state index contributed by atoms with van der Waals surface area (Å²) in [4.78, 5) is 2.26. The Morgan fingerprint density at radius 1 is 1.39 bits per heavy atom. The Morgan fingerprint density at radius 3 is 2.83 bits per heavy atom. The Bertz CT molecular complexity index is 583. The van der Waals surface area contributed by atoms with Crippen LogP contribution >= 0.6 is 0 Å². The van der Waals surface area contributed by atoms with E-state index in [1.807, 2.05) is 12.1 Å². The number of furan rings is 1. The first-order valence-corrected chi connectivity index (χ1v) is 9.53. The average Bonchev–Trinajstić information content (AvgIpc) is 3.29. The molecule has 2 saturated heterocycles. The van der Waals surface area contributed by atoms with Gasteiger partial charge < -0.3 is 13.9 Å². The van der Waals surface area contributed by atoms with Crippen molar-refractivity contribution in [2.75, 3.05) is 40.0 Å². The molecule has 23 heavy (non-hydrogen) atoms. The van der Waals surface area contributed by atoms with Gasteiger partial charge in [0.05, 0.1) is 25.5 Å². The number of hydrogen-bond acceptors (Lipinski definition) is 6. The molecule has 0 spiro atoms. The van der Waals surface area contributed by atoms with Gasteiger partial charge in [-0.15, -0.1) is 0 Å². The molecule has 0 aliphatic carbocycles. The lowest BCUT2D eigenvalue weighted by Crippen LogP contribution is -2.45. The van der Waals surface area contributed by atoms with Gasteiger partial charge in [-0.3, -0.25) is 4.90 Å². The number of likely N-dealkylation sites (tertiary alicyclic amines) is 1. The predicted octanol–water partition coefficient (Wildman–Crippen LogP) is 0.750. The highest BCUT2D eigenvalue weighted by atomic mass is 32.2. The predicted molar refractivity (Wildman–Crippen MR) is 84.6 cm³/mol. The minimum Gasteiger partial charge on any atom is -0.468 e. The maximum Gasteiger partial charge on any atom is 0.219 e. The molecule has 0 saturated carbocycles. The number of methoxy groups -OCH3 is 1. The smallest absolute Gasteiger partial charge is 0.219 e. The first-order valence-electron chi connectivity index (χ1n) is 7.98. The van der Waals surface area contributed by atoms with Gasteiger partial charge in [-0.1, -0.05) is 0 Å². The maximum absolute atomic E-state index is 12.6. The van der Waals surface area contributed by atoms with Gasteiger partial charge in [0.15, 0.2) is 0 Å². The number of nitrogens with one attached hydrogen (secondary N) is 1. The fourth-order valence-corrected chi connectivity index (χ4v) is 4.74. The highest BCUT2D eigenvalue weighted by molar-refractivity contribution is 7.90. The van der Waals surface area contributed by atoms with Crippen molar-refractivity contribution < 1.29 is 22.3 Å². The van der Waals surface area contributed by atoms with E-state index in [2.05, 4.69) is 9.62 Å². The largest absolute Gasteiger partial charge is 0.468 e. The van der Waals surface area contributed by atoms with Gasteiger partial charge in [-0.25, -0.2) is 13.1 Å². The monoisotopic (exact) mass is 344 g/mol. The molecule has 0 bridgehead atoms. The molecule has 3 heterocycles. The Hall–Kier alpha value is -0.930. The maximum atomic E-state index is 12.6. The summed E-state index contributed by atoms with van der Waals surface area (Å²) in [5.41, 5.74) is 0. The van der Waals surface area contributed by atoms with Crippen LogP contribution in [-0.4, -0.2) is 64.6 Å². The summed E-state index contributed by atoms with van der Waals surface area (Å²) >= 11 is 0. The Kier molecular flexibility index (Phi) is 5.38. The van der Waals surface area contributed by atoms with Crippen LogP contribution in [0.2, 0.25) is 0 Å². The van der Waals surface area contributed by atoms with Gasteiger partial charge in [-0.05, 0) is 38.1 Å². The second-order valence-electron chi connectivity index (χ2n) is 6.02. The number of sulfonamides is 1. The molecule has 1 aromatic heterocycles. The molecule has 0 aromatic carbocycles. The van der Waals surface area contributed by atoms with Crippen molar-refractivity contribution in [3.05, 3.63) is 24.2 Å². The summed E-state index contributed by atoms with van der Waals surface area (Å²) in [7, 11) is -1.99. The van der Waals surface area contributed by atoms with E-state index in [4.69, 9.17) is 13.9 Å². The second kappa shape index (κ2) is 7.31.